The number of hydrogen-bond acceptors (Lipinski definition) is 4. The number of ether oxygens (including phenoxy) is 1. The van der Waals surface area contributed by atoms with E-state index in [0.717, 1.165) is 34.7 Å². The summed E-state index contributed by atoms with van der Waals surface area (Å²) in [5, 5.41) is 5.95. The van der Waals surface area contributed by atoms with Gasteiger partial charge in [-0.3, -0.25) is 9.79 Å². The number of anilines is 1. The van der Waals surface area contributed by atoms with E-state index in [1.54, 1.807) is 7.11 Å². The molecule has 0 unspecified atom stereocenters. The number of benzodiazepines with no additional fused rings is 1. The molecule has 0 saturated heterocycles. The minimum Gasteiger partial charge on any atom is -0.497 e. The average Bonchev–Trinajstić information content (AvgIpc) is 2.71. The number of alkyl halides is 1. The number of nitrogens with zero attached hydrogens (tertiary/aromatic N) is 1. The van der Waals surface area contributed by atoms with Crippen molar-refractivity contribution in [1.29, 1.82) is 0 Å². The number of fused-ring (bicyclic) bond motifs is 1. The van der Waals surface area contributed by atoms with Crippen LogP contribution in [0.5, 0.6) is 5.75 Å². The van der Waals surface area contributed by atoms with Gasteiger partial charge in [0.2, 0.25) is 5.91 Å². The predicted octanol–water partition coefficient (Wildman–Crippen LogP) is 3.07. The number of halogens is 1. The minimum atomic E-state index is -0.430. The van der Waals surface area contributed by atoms with E-state index < -0.39 is 6.04 Å². The summed E-state index contributed by atoms with van der Waals surface area (Å²) in [4.78, 5) is 17.4. The monoisotopic (exact) mass is 377 g/mol. The van der Waals surface area contributed by atoms with E-state index in [4.69, 9.17) is 33.5 Å². The Balaban J connectivity index is 2.03. The van der Waals surface area contributed by atoms with E-state index in [1.165, 1.54) is 0 Å². The first-order valence-corrected chi connectivity index (χ1v) is 9.06. The maximum absolute atomic E-state index is 12.0. The number of aliphatic imine (C=N–C) groups is 1. The Kier molecular flexibility index (Phi) is 5.39. The molecular weight excluding hydrogens is 358 g/mol. The lowest BCUT2D eigenvalue weighted by Crippen LogP contribution is -2.32. The van der Waals surface area contributed by atoms with Crippen molar-refractivity contribution in [2.45, 2.75) is 31.2 Å². The standard InChI is InChI=1S/C18H20ClN3O2S/c1-3-20-16(23)9-15-18(25)22-14-7-4-10(24-2)8-12(14)17(21-15)11-5-6-13(11)19/h4-5,7-8,13,15H,3,6,9H2,1-2H3,(H,20,23)(H,22,25)/t13-,15+/m1/s1. The van der Waals surface area contributed by atoms with Crippen LogP contribution in [-0.4, -0.2) is 41.7 Å². The van der Waals surface area contributed by atoms with E-state index in [0.29, 0.717) is 11.5 Å². The highest BCUT2D eigenvalue weighted by Gasteiger charge is 2.31. The van der Waals surface area contributed by atoms with Crippen LogP contribution in [-0.2, 0) is 4.79 Å². The van der Waals surface area contributed by atoms with Crippen LogP contribution < -0.4 is 15.4 Å². The first kappa shape index (κ1) is 17.9. The minimum absolute atomic E-state index is 0.0745. The molecule has 0 bridgehead atoms. The zero-order valence-electron chi connectivity index (χ0n) is 14.1. The number of methoxy groups -OCH3 is 1. The summed E-state index contributed by atoms with van der Waals surface area (Å²) in [6.07, 6.45) is 3.08. The fourth-order valence-corrected chi connectivity index (χ4v) is 3.37. The van der Waals surface area contributed by atoms with Crippen LogP contribution in [0.25, 0.3) is 0 Å². The molecule has 0 radical (unpaired) electrons. The molecule has 1 aromatic rings. The summed E-state index contributed by atoms with van der Waals surface area (Å²) in [5.41, 5.74) is 3.49. The summed E-state index contributed by atoms with van der Waals surface area (Å²) in [5.74, 6) is 0.653. The van der Waals surface area contributed by atoms with Crippen molar-refractivity contribution in [3.8, 4) is 5.75 Å². The van der Waals surface area contributed by atoms with Gasteiger partial charge in [0.1, 0.15) is 16.8 Å². The van der Waals surface area contributed by atoms with Crippen LogP contribution in [0.3, 0.4) is 0 Å². The Morgan fingerprint density at radius 3 is 2.92 bits per heavy atom. The molecule has 1 heterocycles. The fourth-order valence-electron chi connectivity index (χ4n) is 2.84. The zero-order chi connectivity index (χ0) is 18.0. The summed E-state index contributed by atoms with van der Waals surface area (Å²) >= 11 is 11.9. The van der Waals surface area contributed by atoms with Crippen LogP contribution in [0.4, 0.5) is 5.69 Å². The molecule has 0 aromatic heterocycles. The van der Waals surface area contributed by atoms with Crippen molar-refractivity contribution >= 4 is 46.1 Å². The number of amides is 1. The molecule has 25 heavy (non-hydrogen) atoms. The van der Waals surface area contributed by atoms with Gasteiger partial charge in [0.05, 0.1) is 24.6 Å². The molecule has 1 aliphatic heterocycles. The number of rotatable bonds is 5. The van der Waals surface area contributed by atoms with Crippen LogP contribution >= 0.6 is 23.8 Å². The summed E-state index contributed by atoms with van der Waals surface area (Å²) in [6.45, 7) is 2.46. The second kappa shape index (κ2) is 7.54. The molecule has 132 valence electrons. The van der Waals surface area contributed by atoms with Crippen LogP contribution in [0.2, 0.25) is 0 Å². The van der Waals surface area contributed by atoms with Crippen LogP contribution in [0.15, 0.2) is 34.8 Å². The molecule has 3 rings (SSSR count). The van der Waals surface area contributed by atoms with Crippen molar-refractivity contribution in [2.24, 2.45) is 4.99 Å². The Morgan fingerprint density at radius 2 is 2.32 bits per heavy atom. The van der Waals surface area contributed by atoms with Gasteiger partial charge in [0.25, 0.3) is 0 Å². The van der Waals surface area contributed by atoms with Gasteiger partial charge < -0.3 is 15.4 Å². The van der Waals surface area contributed by atoms with Gasteiger partial charge in [0, 0.05) is 17.8 Å². The summed E-state index contributed by atoms with van der Waals surface area (Å²) < 4.78 is 5.35. The van der Waals surface area contributed by atoms with Gasteiger partial charge in [-0.05, 0) is 37.1 Å². The van der Waals surface area contributed by atoms with Crippen molar-refractivity contribution < 1.29 is 9.53 Å². The Labute approximate surface area is 157 Å². The van der Waals surface area contributed by atoms with Gasteiger partial charge in [-0.1, -0.05) is 18.3 Å². The first-order chi connectivity index (χ1) is 12.0. The highest BCUT2D eigenvalue weighted by Crippen LogP contribution is 2.35. The summed E-state index contributed by atoms with van der Waals surface area (Å²) in [7, 11) is 1.62. The lowest BCUT2D eigenvalue weighted by molar-refractivity contribution is -0.121. The molecule has 2 aliphatic rings. The molecule has 2 atom stereocenters. The predicted molar refractivity (Wildman–Crippen MR) is 105 cm³/mol. The Hall–Kier alpha value is -1.92. The smallest absolute Gasteiger partial charge is 0.222 e. The van der Waals surface area contributed by atoms with E-state index in [2.05, 4.69) is 16.7 Å². The number of allylic oxidation sites excluding steroid dienone is 2. The Morgan fingerprint density at radius 1 is 1.52 bits per heavy atom. The Bertz CT molecular complexity index is 776. The quantitative estimate of drug-likeness (QED) is 0.611. The number of carbonyl (C=O) groups excluding carboxylic acids is 1. The number of thiocarbonyl (C=S) groups is 1. The molecule has 7 heteroatoms. The van der Waals surface area contributed by atoms with Crippen LogP contribution in [0, 0.1) is 0 Å². The SMILES string of the molecule is CCNC(=O)C[C@@H]1N=C(C2=CC[C@H]2Cl)c2cc(OC)ccc2NC1=S. The maximum Gasteiger partial charge on any atom is 0.222 e. The normalized spacial score (nSPS) is 21.8. The fraction of sp³-hybridized carbons (Fsp3) is 0.389. The lowest BCUT2D eigenvalue weighted by Gasteiger charge is -2.24. The number of nitrogens with one attached hydrogen (secondary N) is 2. The van der Waals surface area contributed by atoms with Gasteiger partial charge in [-0.25, -0.2) is 0 Å². The molecule has 2 N–H and O–H groups in total. The lowest BCUT2D eigenvalue weighted by atomic mass is 9.89. The number of carbonyl (C=O) groups is 1. The number of benzene rings is 1. The van der Waals surface area contributed by atoms with Gasteiger partial charge in [0.15, 0.2) is 0 Å². The highest BCUT2D eigenvalue weighted by atomic mass is 35.5. The van der Waals surface area contributed by atoms with Crippen molar-refractivity contribution in [2.75, 3.05) is 19.0 Å². The second-order valence-corrected chi connectivity index (χ2v) is 6.88. The van der Waals surface area contributed by atoms with E-state index in [9.17, 15) is 4.79 Å². The van der Waals surface area contributed by atoms with Gasteiger partial charge >= 0.3 is 0 Å². The van der Waals surface area contributed by atoms with Gasteiger partial charge in [-0.2, -0.15) is 0 Å². The molecule has 0 saturated carbocycles. The molecule has 1 aromatic carbocycles. The third-order valence-electron chi connectivity index (χ3n) is 4.24. The van der Waals surface area contributed by atoms with Crippen molar-refractivity contribution in [3.05, 3.63) is 35.4 Å². The number of hydrogen-bond donors (Lipinski definition) is 2. The van der Waals surface area contributed by atoms with Crippen molar-refractivity contribution in [3.63, 3.8) is 0 Å². The topological polar surface area (TPSA) is 62.7 Å². The third kappa shape index (κ3) is 3.70. The highest BCUT2D eigenvalue weighted by molar-refractivity contribution is 7.80. The zero-order valence-corrected chi connectivity index (χ0v) is 15.7. The molecule has 1 aliphatic carbocycles. The molecular formula is C18H20ClN3O2S. The van der Waals surface area contributed by atoms with E-state index >= 15 is 0 Å². The molecule has 5 nitrogen and oxygen atoms in total. The molecule has 0 fully saturated rings. The molecule has 0 spiro atoms. The summed E-state index contributed by atoms with van der Waals surface area (Å²) in [6, 6.07) is 5.26. The second-order valence-electron chi connectivity index (χ2n) is 5.91. The molecule has 1 amide bonds. The van der Waals surface area contributed by atoms with E-state index in [-0.39, 0.29) is 17.7 Å². The van der Waals surface area contributed by atoms with Gasteiger partial charge in [-0.15, -0.1) is 11.6 Å². The maximum atomic E-state index is 12.0. The van der Waals surface area contributed by atoms with Crippen LogP contribution in [0.1, 0.15) is 25.3 Å². The average molecular weight is 378 g/mol. The van der Waals surface area contributed by atoms with E-state index in [1.807, 2.05) is 25.1 Å². The third-order valence-corrected chi connectivity index (χ3v) is 5.02. The first-order valence-electron chi connectivity index (χ1n) is 8.21. The largest absolute Gasteiger partial charge is 0.497 e. The van der Waals surface area contributed by atoms with Crippen molar-refractivity contribution in [1.82, 2.24) is 5.32 Å².